The maximum absolute atomic E-state index is 13.0. The number of amides is 2. The van der Waals surface area contributed by atoms with Gasteiger partial charge in [-0.2, -0.15) is 0 Å². The maximum Gasteiger partial charge on any atom is 0.242 e. The highest BCUT2D eigenvalue weighted by Gasteiger charge is 2.25. The van der Waals surface area contributed by atoms with Crippen molar-refractivity contribution in [3.8, 4) is 0 Å². The Morgan fingerprint density at radius 3 is 2.31 bits per heavy atom. The van der Waals surface area contributed by atoms with Crippen molar-refractivity contribution in [2.75, 3.05) is 6.54 Å². The molecule has 0 saturated carbocycles. The SMILES string of the molecule is CCNC(=O)[C@@H](C)N(Cc1ccccc1)C(=O)Cc1ccc(C)c(C)c1. The molecule has 0 unspecified atom stereocenters. The van der Waals surface area contributed by atoms with Crippen molar-refractivity contribution < 1.29 is 9.59 Å². The predicted molar refractivity (Wildman–Crippen MR) is 105 cm³/mol. The van der Waals surface area contributed by atoms with E-state index in [9.17, 15) is 9.59 Å². The Kier molecular flexibility index (Phi) is 6.96. The van der Waals surface area contributed by atoms with Crippen LogP contribution in [0.5, 0.6) is 0 Å². The molecule has 0 aliphatic heterocycles. The number of hydrogen-bond acceptors (Lipinski definition) is 2. The molecule has 26 heavy (non-hydrogen) atoms. The number of rotatable bonds is 7. The van der Waals surface area contributed by atoms with Gasteiger partial charge in [-0.1, -0.05) is 48.5 Å². The van der Waals surface area contributed by atoms with E-state index in [1.165, 1.54) is 11.1 Å². The minimum Gasteiger partial charge on any atom is -0.355 e. The van der Waals surface area contributed by atoms with Crippen LogP contribution in [0.4, 0.5) is 0 Å². The summed E-state index contributed by atoms with van der Waals surface area (Å²) >= 11 is 0. The summed E-state index contributed by atoms with van der Waals surface area (Å²) in [6.07, 6.45) is 0.289. The average Bonchev–Trinajstić information content (AvgIpc) is 2.63. The minimum atomic E-state index is -0.519. The molecule has 2 amide bonds. The van der Waals surface area contributed by atoms with Gasteiger partial charge in [0.2, 0.25) is 11.8 Å². The van der Waals surface area contributed by atoms with E-state index in [1.54, 1.807) is 11.8 Å². The molecular formula is C22H28N2O2. The molecule has 138 valence electrons. The largest absolute Gasteiger partial charge is 0.355 e. The second-order valence-electron chi connectivity index (χ2n) is 6.67. The van der Waals surface area contributed by atoms with Gasteiger partial charge in [0.25, 0.3) is 0 Å². The first-order chi connectivity index (χ1) is 12.4. The van der Waals surface area contributed by atoms with E-state index in [2.05, 4.69) is 12.2 Å². The molecule has 1 atom stereocenters. The van der Waals surface area contributed by atoms with Gasteiger partial charge in [-0.15, -0.1) is 0 Å². The van der Waals surface area contributed by atoms with Gasteiger partial charge in [-0.05, 0) is 49.9 Å². The third-order valence-corrected chi connectivity index (χ3v) is 4.64. The number of carbonyl (C=O) groups is 2. The molecule has 2 aromatic rings. The number of aryl methyl sites for hydroxylation is 2. The van der Waals surface area contributed by atoms with Crippen molar-refractivity contribution in [3.05, 3.63) is 70.8 Å². The fourth-order valence-corrected chi connectivity index (χ4v) is 2.87. The summed E-state index contributed by atoms with van der Waals surface area (Å²) in [5, 5.41) is 2.81. The van der Waals surface area contributed by atoms with Crippen LogP contribution in [0.3, 0.4) is 0 Å². The second-order valence-corrected chi connectivity index (χ2v) is 6.67. The summed E-state index contributed by atoms with van der Waals surface area (Å²) in [4.78, 5) is 27.0. The molecular weight excluding hydrogens is 324 g/mol. The molecule has 0 heterocycles. The first-order valence-corrected chi connectivity index (χ1v) is 9.09. The molecule has 0 aromatic heterocycles. The molecule has 4 heteroatoms. The molecule has 2 rings (SSSR count). The Hall–Kier alpha value is -2.62. The lowest BCUT2D eigenvalue weighted by Gasteiger charge is -2.29. The number of likely N-dealkylation sites (N-methyl/N-ethyl adjacent to an activating group) is 1. The van der Waals surface area contributed by atoms with E-state index < -0.39 is 6.04 Å². The third-order valence-electron chi connectivity index (χ3n) is 4.64. The lowest BCUT2D eigenvalue weighted by molar-refractivity contribution is -0.140. The first kappa shape index (κ1) is 19.7. The first-order valence-electron chi connectivity index (χ1n) is 9.09. The fourth-order valence-electron chi connectivity index (χ4n) is 2.87. The fraction of sp³-hybridized carbons (Fsp3) is 0.364. The Morgan fingerprint density at radius 1 is 1.00 bits per heavy atom. The molecule has 4 nitrogen and oxygen atoms in total. The normalized spacial score (nSPS) is 11.7. The van der Waals surface area contributed by atoms with Crippen LogP contribution in [0.1, 0.15) is 36.1 Å². The van der Waals surface area contributed by atoms with Gasteiger partial charge >= 0.3 is 0 Å². The highest BCUT2D eigenvalue weighted by Crippen LogP contribution is 2.15. The molecule has 0 radical (unpaired) electrons. The summed E-state index contributed by atoms with van der Waals surface area (Å²) in [5.74, 6) is -0.173. The highest BCUT2D eigenvalue weighted by atomic mass is 16.2. The van der Waals surface area contributed by atoms with Gasteiger partial charge in [0, 0.05) is 13.1 Å². The van der Waals surface area contributed by atoms with E-state index in [4.69, 9.17) is 0 Å². The monoisotopic (exact) mass is 352 g/mol. The summed E-state index contributed by atoms with van der Waals surface area (Å²) in [6.45, 7) is 8.73. The van der Waals surface area contributed by atoms with E-state index in [0.29, 0.717) is 13.1 Å². The van der Waals surface area contributed by atoms with Gasteiger partial charge < -0.3 is 10.2 Å². The molecule has 2 aromatic carbocycles. The smallest absolute Gasteiger partial charge is 0.242 e. The van der Waals surface area contributed by atoms with Crippen molar-refractivity contribution in [2.45, 2.75) is 46.7 Å². The zero-order valence-corrected chi connectivity index (χ0v) is 16.1. The summed E-state index contributed by atoms with van der Waals surface area (Å²) < 4.78 is 0. The van der Waals surface area contributed by atoms with Crippen LogP contribution >= 0.6 is 0 Å². The average molecular weight is 352 g/mol. The Balaban J connectivity index is 2.21. The van der Waals surface area contributed by atoms with Crippen LogP contribution in [-0.2, 0) is 22.6 Å². The van der Waals surface area contributed by atoms with Gasteiger partial charge in [0.15, 0.2) is 0 Å². The lowest BCUT2D eigenvalue weighted by atomic mass is 10.0. The van der Waals surface area contributed by atoms with E-state index >= 15 is 0 Å². The lowest BCUT2D eigenvalue weighted by Crippen LogP contribution is -2.48. The van der Waals surface area contributed by atoms with Crippen molar-refractivity contribution in [3.63, 3.8) is 0 Å². The van der Waals surface area contributed by atoms with Crippen molar-refractivity contribution in [1.29, 1.82) is 0 Å². The maximum atomic E-state index is 13.0. The number of nitrogens with one attached hydrogen (secondary N) is 1. The quantitative estimate of drug-likeness (QED) is 0.830. The second kappa shape index (κ2) is 9.18. The minimum absolute atomic E-state index is 0.0455. The summed E-state index contributed by atoms with van der Waals surface area (Å²) in [7, 11) is 0. The molecule has 0 fully saturated rings. The number of hydrogen-bond donors (Lipinski definition) is 1. The zero-order valence-electron chi connectivity index (χ0n) is 16.1. The van der Waals surface area contributed by atoms with E-state index in [0.717, 1.165) is 11.1 Å². The van der Waals surface area contributed by atoms with Crippen molar-refractivity contribution >= 4 is 11.8 Å². The molecule has 0 saturated heterocycles. The molecule has 0 spiro atoms. The Labute approximate surface area is 156 Å². The van der Waals surface area contributed by atoms with Crippen LogP contribution in [0.15, 0.2) is 48.5 Å². The Bertz CT molecular complexity index is 756. The van der Waals surface area contributed by atoms with Crippen LogP contribution in [0, 0.1) is 13.8 Å². The van der Waals surface area contributed by atoms with Crippen LogP contribution in [0.25, 0.3) is 0 Å². The van der Waals surface area contributed by atoms with Gasteiger partial charge in [0.05, 0.1) is 6.42 Å². The number of benzene rings is 2. The zero-order chi connectivity index (χ0) is 19.1. The number of carbonyl (C=O) groups excluding carboxylic acids is 2. The van der Waals surface area contributed by atoms with Gasteiger partial charge in [0.1, 0.15) is 6.04 Å². The molecule has 0 aliphatic carbocycles. The van der Waals surface area contributed by atoms with Gasteiger partial charge in [-0.25, -0.2) is 0 Å². The summed E-state index contributed by atoms with van der Waals surface area (Å²) in [6, 6.07) is 15.3. The van der Waals surface area contributed by atoms with Gasteiger partial charge in [-0.3, -0.25) is 9.59 Å². The molecule has 1 N–H and O–H groups in total. The van der Waals surface area contributed by atoms with Crippen LogP contribution < -0.4 is 5.32 Å². The molecule has 0 bridgehead atoms. The number of nitrogens with zero attached hydrogens (tertiary/aromatic N) is 1. The van der Waals surface area contributed by atoms with Crippen LogP contribution in [0.2, 0.25) is 0 Å². The standard InChI is InChI=1S/C22H28N2O2/c1-5-23-22(26)18(4)24(15-19-9-7-6-8-10-19)21(25)14-20-12-11-16(2)17(3)13-20/h6-13,18H,5,14-15H2,1-4H3,(H,23,26)/t18-/m1/s1. The van der Waals surface area contributed by atoms with E-state index in [1.807, 2.05) is 62.4 Å². The van der Waals surface area contributed by atoms with Crippen molar-refractivity contribution in [1.82, 2.24) is 10.2 Å². The highest BCUT2D eigenvalue weighted by molar-refractivity contribution is 5.88. The molecule has 0 aliphatic rings. The topological polar surface area (TPSA) is 49.4 Å². The van der Waals surface area contributed by atoms with Crippen molar-refractivity contribution in [2.24, 2.45) is 0 Å². The van der Waals surface area contributed by atoms with Crippen LogP contribution in [-0.4, -0.2) is 29.3 Å². The third kappa shape index (κ3) is 5.19. The van der Waals surface area contributed by atoms with E-state index in [-0.39, 0.29) is 18.2 Å². The Morgan fingerprint density at radius 2 is 1.69 bits per heavy atom. The summed E-state index contributed by atoms with van der Waals surface area (Å²) in [5.41, 5.74) is 4.36. The predicted octanol–water partition coefficient (Wildman–Crippen LogP) is 3.40.